The van der Waals surface area contributed by atoms with Crippen molar-refractivity contribution < 1.29 is 0 Å². The summed E-state index contributed by atoms with van der Waals surface area (Å²) in [6.07, 6.45) is 12.0. The second kappa shape index (κ2) is 17.2. The minimum Gasteiger partial charge on any atom is -0.376 e. The maximum atomic E-state index is 13.4. The minimum absolute atomic E-state index is 0.113. The quantitative estimate of drug-likeness (QED) is 0.0571. The Hall–Kier alpha value is -6.76. The molecule has 2 unspecified atom stereocenters. The van der Waals surface area contributed by atoms with Gasteiger partial charge in [0.25, 0.3) is 21.7 Å². The molecule has 2 aromatic heterocycles. The lowest BCUT2D eigenvalue weighted by Crippen LogP contribution is -2.56. The zero-order valence-electron chi connectivity index (χ0n) is 36.9. The Balaban J connectivity index is 0.812. The number of pyridine rings is 2. The van der Waals surface area contributed by atoms with E-state index < -0.39 is 21.7 Å². The first-order chi connectivity index (χ1) is 32.3. The van der Waals surface area contributed by atoms with E-state index in [1.54, 1.807) is 0 Å². The molecule has 6 aliphatic rings. The first-order valence-electron chi connectivity index (χ1n) is 23.4. The van der Waals surface area contributed by atoms with Gasteiger partial charge in [0, 0.05) is 61.4 Å². The normalized spacial score (nSPS) is 25.5. The van der Waals surface area contributed by atoms with Crippen molar-refractivity contribution in [1.82, 2.24) is 19.8 Å². The molecular formula is C54H54N8O4. The van der Waals surface area contributed by atoms with Crippen LogP contribution < -0.4 is 43.0 Å². The van der Waals surface area contributed by atoms with E-state index in [9.17, 15) is 19.2 Å². The van der Waals surface area contributed by atoms with Crippen LogP contribution in [0.5, 0.6) is 0 Å². The molecule has 0 aliphatic carbocycles. The molecule has 10 atom stereocenters. The Labute approximate surface area is 382 Å². The van der Waals surface area contributed by atoms with Gasteiger partial charge < -0.3 is 21.3 Å². The van der Waals surface area contributed by atoms with E-state index in [4.69, 9.17) is 0 Å². The van der Waals surface area contributed by atoms with Crippen LogP contribution in [-0.4, -0.2) is 58.0 Å². The Morgan fingerprint density at radius 1 is 0.576 bits per heavy atom. The third kappa shape index (κ3) is 7.32. The van der Waals surface area contributed by atoms with Crippen LogP contribution in [0.3, 0.4) is 0 Å². The summed E-state index contributed by atoms with van der Waals surface area (Å²) < 4.78 is 0. The van der Waals surface area contributed by atoms with Gasteiger partial charge in [-0.05, 0) is 109 Å². The van der Waals surface area contributed by atoms with Gasteiger partial charge in [-0.2, -0.15) is 0 Å². The van der Waals surface area contributed by atoms with Crippen molar-refractivity contribution in [2.24, 2.45) is 23.7 Å². The van der Waals surface area contributed by atoms with Gasteiger partial charge in [-0.15, -0.1) is 13.2 Å². The monoisotopic (exact) mass is 878 g/mol. The Kier molecular flexibility index (Phi) is 10.9. The lowest BCUT2D eigenvalue weighted by molar-refractivity contribution is 0.0105. The number of nitrogens with zero attached hydrogens (tertiary/aromatic N) is 4. The SMILES string of the molecule is C=C[C@H]1CN2CC[C@H]1C[C@@H]2[C@H](Nc1c(NCc2cccc(CNc3c(N[C@H](c4ccnc5ccccc45)[C@H]4C[C@@H]5CCN4C[C@@H]5C=C)c(=O)c3=O)c2)c(=O)c1=O)c1ccnc2ccccc12. The van der Waals surface area contributed by atoms with E-state index in [0.717, 1.165) is 95.9 Å². The fourth-order valence-electron chi connectivity index (χ4n) is 11.9. The summed E-state index contributed by atoms with van der Waals surface area (Å²) in [6.45, 7) is 12.6. The van der Waals surface area contributed by atoms with Crippen LogP contribution in [0.15, 0.2) is 142 Å². The number of para-hydroxylation sites is 2. The summed E-state index contributed by atoms with van der Waals surface area (Å²) in [7, 11) is 0. The molecule has 0 amide bonds. The highest BCUT2D eigenvalue weighted by Crippen LogP contribution is 2.45. The first-order valence-corrected chi connectivity index (χ1v) is 23.4. The van der Waals surface area contributed by atoms with Gasteiger partial charge in [0.05, 0.1) is 23.1 Å². The molecular weight excluding hydrogens is 825 g/mol. The minimum atomic E-state index is -0.539. The van der Waals surface area contributed by atoms with Crippen molar-refractivity contribution in [1.29, 1.82) is 0 Å². The average molecular weight is 879 g/mol. The molecule has 7 aromatic rings. The van der Waals surface area contributed by atoms with Crippen LogP contribution in [0.4, 0.5) is 22.7 Å². The fraction of sp³-hybridized carbons (Fsp3) is 0.333. The first kappa shape index (κ1) is 41.9. The predicted octanol–water partition coefficient (Wildman–Crippen LogP) is 7.30. The van der Waals surface area contributed by atoms with E-state index in [2.05, 4.69) is 78.5 Å². The third-order valence-electron chi connectivity index (χ3n) is 15.5. The third-order valence-corrected chi connectivity index (χ3v) is 15.5. The highest BCUT2D eigenvalue weighted by atomic mass is 16.2. The number of hydrogen-bond donors (Lipinski definition) is 4. The number of rotatable bonds is 16. The molecule has 4 bridgehead atoms. The summed E-state index contributed by atoms with van der Waals surface area (Å²) in [5.74, 6) is 1.88. The molecule has 12 nitrogen and oxygen atoms in total. The Morgan fingerprint density at radius 2 is 1.02 bits per heavy atom. The predicted molar refractivity (Wildman–Crippen MR) is 264 cm³/mol. The highest BCUT2D eigenvalue weighted by molar-refractivity contribution is 5.85. The zero-order valence-corrected chi connectivity index (χ0v) is 36.9. The van der Waals surface area contributed by atoms with Gasteiger partial charge in [-0.25, -0.2) is 0 Å². The summed E-state index contributed by atoms with van der Waals surface area (Å²) in [6, 6.07) is 27.8. The van der Waals surface area contributed by atoms with E-state index in [0.29, 0.717) is 48.1 Å². The maximum Gasteiger partial charge on any atom is 0.253 e. The number of anilines is 4. The lowest BCUT2D eigenvalue weighted by atomic mass is 9.73. The van der Waals surface area contributed by atoms with Crippen molar-refractivity contribution in [3.8, 4) is 0 Å². The molecule has 0 spiro atoms. The Bertz CT molecular complexity index is 2930. The zero-order chi connectivity index (χ0) is 45.1. The molecule has 6 saturated heterocycles. The number of hydrogen-bond acceptors (Lipinski definition) is 12. The molecule has 6 aliphatic heterocycles. The summed E-state index contributed by atoms with van der Waals surface area (Å²) in [5.41, 5.74) is 4.70. The smallest absolute Gasteiger partial charge is 0.253 e. The molecule has 334 valence electrons. The van der Waals surface area contributed by atoms with Crippen LogP contribution in [-0.2, 0) is 13.1 Å². The second-order valence-electron chi connectivity index (χ2n) is 18.9. The van der Waals surface area contributed by atoms with Crippen LogP contribution in [0.2, 0.25) is 0 Å². The average Bonchev–Trinajstić information content (AvgIpc) is 3.37. The van der Waals surface area contributed by atoms with Gasteiger partial charge >= 0.3 is 0 Å². The largest absolute Gasteiger partial charge is 0.376 e. The molecule has 13 rings (SSSR count). The standard InChI is InChI=1S/C54H54N8O4/c1-3-33-29-61-22-18-35(33)25-43(61)45(39-16-20-55-41-14-7-5-12-37(39)41)59-49-47(51(63)53(49)65)57-27-31-10-9-11-32(24-31)28-58-48-50(54(66)52(48)64)60-46(40-17-21-56-42-15-8-6-13-38(40)42)44-26-36-19-23-62(44)30-34(36)4-2/h3-17,20-21,24,33-36,43-46,57-60H,1-2,18-19,22-23,25-30H2/t33-,34-,35-,36-,43+,44+,45+,46+/m0/s1. The van der Waals surface area contributed by atoms with Gasteiger partial charge in [0.2, 0.25) is 0 Å². The lowest BCUT2D eigenvalue weighted by Gasteiger charge is -2.52. The Morgan fingerprint density at radius 3 is 1.44 bits per heavy atom. The summed E-state index contributed by atoms with van der Waals surface area (Å²) in [4.78, 5) is 67.6. The summed E-state index contributed by atoms with van der Waals surface area (Å²) >= 11 is 0. The van der Waals surface area contributed by atoms with Crippen molar-refractivity contribution in [2.75, 3.05) is 47.4 Å². The van der Waals surface area contributed by atoms with E-state index in [1.165, 1.54) is 0 Å². The van der Waals surface area contributed by atoms with Gasteiger partial charge in [0.15, 0.2) is 0 Å². The molecule has 66 heavy (non-hydrogen) atoms. The van der Waals surface area contributed by atoms with Crippen molar-refractivity contribution in [3.05, 3.63) is 186 Å². The summed E-state index contributed by atoms with van der Waals surface area (Å²) in [5, 5.41) is 15.9. The van der Waals surface area contributed by atoms with Crippen LogP contribution >= 0.6 is 0 Å². The van der Waals surface area contributed by atoms with E-state index >= 15 is 0 Å². The molecule has 0 radical (unpaired) electrons. The second-order valence-corrected chi connectivity index (χ2v) is 18.9. The number of piperidine rings is 6. The maximum absolute atomic E-state index is 13.4. The number of benzene rings is 3. The van der Waals surface area contributed by atoms with Crippen LogP contribution in [0.25, 0.3) is 21.8 Å². The van der Waals surface area contributed by atoms with Gasteiger partial charge in [-0.3, -0.25) is 38.9 Å². The van der Waals surface area contributed by atoms with Crippen molar-refractivity contribution in [3.63, 3.8) is 0 Å². The van der Waals surface area contributed by atoms with Crippen LogP contribution in [0, 0.1) is 23.7 Å². The van der Waals surface area contributed by atoms with E-state index in [-0.39, 0.29) is 35.5 Å². The highest BCUT2D eigenvalue weighted by Gasteiger charge is 2.45. The topological polar surface area (TPSA) is 149 Å². The van der Waals surface area contributed by atoms with Gasteiger partial charge in [0.1, 0.15) is 22.7 Å². The molecule has 4 N–H and O–H groups in total. The molecule has 0 saturated carbocycles. The number of fused-ring (bicyclic) bond motifs is 8. The van der Waals surface area contributed by atoms with Crippen LogP contribution in [0.1, 0.15) is 60.0 Å². The van der Waals surface area contributed by atoms with Crippen molar-refractivity contribution >= 4 is 44.6 Å². The van der Waals surface area contributed by atoms with E-state index in [1.807, 2.05) is 85.2 Å². The number of nitrogens with one attached hydrogen (secondary N) is 4. The molecule has 12 heteroatoms. The molecule has 5 aromatic carbocycles. The van der Waals surface area contributed by atoms with Gasteiger partial charge in [-0.1, -0.05) is 72.8 Å². The molecule has 6 fully saturated rings. The number of aromatic nitrogens is 2. The molecule has 8 heterocycles. The fourth-order valence-corrected chi connectivity index (χ4v) is 11.9. The van der Waals surface area contributed by atoms with Crippen molar-refractivity contribution in [2.45, 2.75) is 62.9 Å².